The van der Waals surface area contributed by atoms with Crippen molar-refractivity contribution in [2.45, 2.75) is 26.7 Å². The molecule has 0 saturated carbocycles. The van der Waals surface area contributed by atoms with Crippen LogP contribution in [0.1, 0.15) is 25.6 Å². The summed E-state index contributed by atoms with van der Waals surface area (Å²) in [7, 11) is 1.96. The molecule has 0 radical (unpaired) electrons. The number of pyridine rings is 1. The molecule has 104 valence electrons. The summed E-state index contributed by atoms with van der Waals surface area (Å²) in [5, 5.41) is 4.27. The fourth-order valence-electron chi connectivity index (χ4n) is 2.22. The number of aryl methyl sites for hydroxylation is 2. The van der Waals surface area contributed by atoms with E-state index < -0.39 is 0 Å². The third kappa shape index (κ3) is 2.07. The summed E-state index contributed by atoms with van der Waals surface area (Å²) in [6.45, 7) is 5.04. The van der Waals surface area contributed by atoms with Crippen molar-refractivity contribution in [3.8, 4) is 0 Å². The van der Waals surface area contributed by atoms with Crippen molar-refractivity contribution in [2.24, 2.45) is 7.05 Å². The van der Waals surface area contributed by atoms with Gasteiger partial charge >= 0.3 is 0 Å². The lowest BCUT2D eigenvalue weighted by Gasteiger charge is -2.07. The van der Waals surface area contributed by atoms with Gasteiger partial charge in [-0.3, -0.25) is 0 Å². The zero-order valence-corrected chi connectivity index (χ0v) is 12.0. The standard InChI is InChI=1S/C14H18N6/c1-4-5-6-15-12-10-7-11-14(20(3)9(2)18-11)19-13(10)17-8-16-12/h7-8H,4-6H2,1-3H3,(H,15,16,17,19). The molecule has 1 N–H and O–H groups in total. The average molecular weight is 270 g/mol. The number of rotatable bonds is 4. The highest BCUT2D eigenvalue weighted by Crippen LogP contribution is 2.22. The summed E-state index contributed by atoms with van der Waals surface area (Å²) >= 11 is 0. The fraction of sp³-hybridized carbons (Fsp3) is 0.429. The quantitative estimate of drug-likeness (QED) is 0.737. The first-order valence-electron chi connectivity index (χ1n) is 6.89. The number of nitrogens with zero attached hydrogens (tertiary/aromatic N) is 5. The van der Waals surface area contributed by atoms with E-state index in [4.69, 9.17) is 0 Å². The molecule has 0 aliphatic rings. The van der Waals surface area contributed by atoms with Crippen molar-refractivity contribution in [3.63, 3.8) is 0 Å². The summed E-state index contributed by atoms with van der Waals surface area (Å²) in [5.74, 6) is 1.78. The Morgan fingerprint density at radius 1 is 1.25 bits per heavy atom. The SMILES string of the molecule is CCCCNc1ncnc2nc3c(cc12)nc(C)n3C. The lowest BCUT2D eigenvalue weighted by Crippen LogP contribution is -2.04. The van der Waals surface area contributed by atoms with Gasteiger partial charge in [0, 0.05) is 13.6 Å². The Labute approximate surface area is 117 Å². The molecule has 0 saturated heterocycles. The van der Waals surface area contributed by atoms with Crippen molar-refractivity contribution in [3.05, 3.63) is 18.2 Å². The first-order chi connectivity index (χ1) is 9.70. The van der Waals surface area contributed by atoms with Crippen LogP contribution in [0.5, 0.6) is 0 Å². The second-order valence-electron chi connectivity index (χ2n) is 4.92. The molecule has 6 nitrogen and oxygen atoms in total. The molecular weight excluding hydrogens is 252 g/mol. The van der Waals surface area contributed by atoms with Crippen molar-refractivity contribution < 1.29 is 0 Å². The molecule has 0 unspecified atom stereocenters. The zero-order chi connectivity index (χ0) is 14.1. The highest BCUT2D eigenvalue weighted by atomic mass is 15.1. The van der Waals surface area contributed by atoms with Gasteiger partial charge in [0.2, 0.25) is 0 Å². The Morgan fingerprint density at radius 2 is 2.10 bits per heavy atom. The summed E-state index contributed by atoms with van der Waals surface area (Å²) in [6.07, 6.45) is 3.82. The number of hydrogen-bond donors (Lipinski definition) is 1. The van der Waals surface area contributed by atoms with Crippen molar-refractivity contribution >= 4 is 28.0 Å². The molecule has 0 aliphatic heterocycles. The maximum Gasteiger partial charge on any atom is 0.167 e. The van der Waals surface area contributed by atoms with E-state index in [0.29, 0.717) is 5.65 Å². The number of nitrogens with one attached hydrogen (secondary N) is 1. The highest BCUT2D eigenvalue weighted by Gasteiger charge is 2.11. The van der Waals surface area contributed by atoms with Gasteiger partial charge in [-0.25, -0.2) is 19.9 Å². The predicted molar refractivity (Wildman–Crippen MR) is 79.7 cm³/mol. The molecule has 3 rings (SSSR count). The smallest absolute Gasteiger partial charge is 0.167 e. The van der Waals surface area contributed by atoms with E-state index in [-0.39, 0.29) is 0 Å². The minimum absolute atomic E-state index is 0.703. The molecule has 3 aromatic rings. The summed E-state index contributed by atoms with van der Waals surface area (Å²) in [6, 6.07) is 2.01. The van der Waals surface area contributed by atoms with Crippen LogP contribution in [0, 0.1) is 6.92 Å². The van der Waals surface area contributed by atoms with Crippen LogP contribution < -0.4 is 5.32 Å². The largest absolute Gasteiger partial charge is 0.369 e. The van der Waals surface area contributed by atoms with Gasteiger partial charge in [-0.15, -0.1) is 0 Å². The molecular formula is C14H18N6. The topological polar surface area (TPSA) is 68.5 Å². The molecule has 0 spiro atoms. The van der Waals surface area contributed by atoms with Gasteiger partial charge < -0.3 is 9.88 Å². The highest BCUT2D eigenvalue weighted by molar-refractivity contribution is 5.94. The second-order valence-corrected chi connectivity index (χ2v) is 4.92. The molecule has 20 heavy (non-hydrogen) atoms. The zero-order valence-electron chi connectivity index (χ0n) is 12.0. The van der Waals surface area contributed by atoms with Gasteiger partial charge in [0.1, 0.15) is 23.5 Å². The average Bonchev–Trinajstić information content (AvgIpc) is 2.72. The van der Waals surface area contributed by atoms with Crippen LogP contribution in [-0.4, -0.2) is 31.0 Å². The maximum absolute atomic E-state index is 4.60. The van der Waals surface area contributed by atoms with Gasteiger partial charge in [0.05, 0.1) is 5.39 Å². The molecule has 6 heteroatoms. The number of hydrogen-bond acceptors (Lipinski definition) is 5. The molecule has 0 atom stereocenters. The lowest BCUT2D eigenvalue weighted by molar-refractivity contribution is 0.831. The van der Waals surface area contributed by atoms with Crippen molar-refractivity contribution in [2.75, 3.05) is 11.9 Å². The summed E-state index contributed by atoms with van der Waals surface area (Å²) < 4.78 is 1.97. The molecule has 3 heterocycles. The second kappa shape index (κ2) is 5.03. The first-order valence-corrected chi connectivity index (χ1v) is 6.89. The molecule has 0 bridgehead atoms. The van der Waals surface area contributed by atoms with Crippen LogP contribution in [0.2, 0.25) is 0 Å². The number of anilines is 1. The fourth-order valence-corrected chi connectivity index (χ4v) is 2.22. The normalized spacial score (nSPS) is 11.3. The number of aromatic nitrogens is 5. The third-order valence-electron chi connectivity index (χ3n) is 3.49. The Balaban J connectivity index is 2.13. The van der Waals surface area contributed by atoms with Crippen molar-refractivity contribution in [1.82, 2.24) is 24.5 Å². The summed E-state index contributed by atoms with van der Waals surface area (Å²) in [5.41, 5.74) is 2.44. The monoisotopic (exact) mass is 270 g/mol. The Kier molecular flexibility index (Phi) is 3.22. The molecule has 0 fully saturated rings. The number of unbranched alkanes of at least 4 members (excludes halogenated alkanes) is 1. The predicted octanol–water partition coefficient (Wildman–Crippen LogP) is 2.43. The van der Waals surface area contributed by atoms with E-state index in [0.717, 1.165) is 47.6 Å². The van der Waals surface area contributed by atoms with Crippen LogP contribution in [0.3, 0.4) is 0 Å². The first kappa shape index (κ1) is 12.8. The van der Waals surface area contributed by atoms with Crippen molar-refractivity contribution in [1.29, 1.82) is 0 Å². The van der Waals surface area contributed by atoms with E-state index in [1.807, 2.05) is 24.6 Å². The van der Waals surface area contributed by atoms with E-state index in [1.54, 1.807) is 6.33 Å². The van der Waals surface area contributed by atoms with Gasteiger partial charge in [-0.05, 0) is 19.4 Å². The molecule has 0 aromatic carbocycles. The minimum Gasteiger partial charge on any atom is -0.369 e. The maximum atomic E-state index is 4.60. The number of imidazole rings is 1. The Morgan fingerprint density at radius 3 is 2.90 bits per heavy atom. The third-order valence-corrected chi connectivity index (χ3v) is 3.49. The summed E-state index contributed by atoms with van der Waals surface area (Å²) in [4.78, 5) is 17.7. The van der Waals surface area contributed by atoms with Gasteiger partial charge in [0.25, 0.3) is 0 Å². The van der Waals surface area contributed by atoms with Crippen LogP contribution in [0.15, 0.2) is 12.4 Å². The van der Waals surface area contributed by atoms with Gasteiger partial charge in [0.15, 0.2) is 11.3 Å². The van der Waals surface area contributed by atoms with Crippen LogP contribution >= 0.6 is 0 Å². The van der Waals surface area contributed by atoms with Gasteiger partial charge in [-0.1, -0.05) is 13.3 Å². The minimum atomic E-state index is 0.703. The van der Waals surface area contributed by atoms with Gasteiger partial charge in [-0.2, -0.15) is 0 Å². The Hall–Kier alpha value is -2.24. The van der Waals surface area contributed by atoms with Crippen LogP contribution in [0.4, 0.5) is 5.82 Å². The van der Waals surface area contributed by atoms with Crippen LogP contribution in [-0.2, 0) is 7.05 Å². The van der Waals surface area contributed by atoms with E-state index in [2.05, 4.69) is 32.2 Å². The lowest BCUT2D eigenvalue weighted by atomic mass is 10.3. The van der Waals surface area contributed by atoms with E-state index in [9.17, 15) is 0 Å². The van der Waals surface area contributed by atoms with E-state index in [1.165, 1.54) is 0 Å². The van der Waals surface area contributed by atoms with Crippen LogP contribution in [0.25, 0.3) is 22.2 Å². The van der Waals surface area contributed by atoms with E-state index >= 15 is 0 Å². The molecule has 0 amide bonds. The number of fused-ring (bicyclic) bond motifs is 2. The Bertz CT molecular complexity index is 761. The molecule has 0 aliphatic carbocycles. The molecule has 3 aromatic heterocycles.